The summed E-state index contributed by atoms with van der Waals surface area (Å²) >= 11 is 0. The van der Waals surface area contributed by atoms with Crippen molar-refractivity contribution < 1.29 is 14.0 Å². The van der Waals surface area contributed by atoms with Gasteiger partial charge in [0, 0.05) is 7.11 Å². The summed E-state index contributed by atoms with van der Waals surface area (Å²) in [5.74, 6) is -0.0648. The van der Waals surface area contributed by atoms with Crippen LogP contribution in [0.2, 0.25) is 6.04 Å². The van der Waals surface area contributed by atoms with Gasteiger partial charge in [-0.25, -0.2) is 0 Å². The van der Waals surface area contributed by atoms with Crippen LogP contribution in [0.1, 0.15) is 72.1 Å². The predicted molar refractivity (Wildman–Crippen MR) is 87.7 cm³/mol. The number of carbonyl (C=O) groups is 1. The van der Waals surface area contributed by atoms with Gasteiger partial charge in [-0.2, -0.15) is 0 Å². The Balaban J connectivity index is 3.47. The SMILES string of the molecule is CCCCCCCCCCOC(=O)C(C)(C)C[SiH2]OC. The van der Waals surface area contributed by atoms with Crippen molar-refractivity contribution >= 4 is 15.7 Å². The zero-order valence-corrected chi connectivity index (χ0v) is 15.4. The van der Waals surface area contributed by atoms with Crippen LogP contribution < -0.4 is 0 Å². The summed E-state index contributed by atoms with van der Waals surface area (Å²) in [5, 5.41) is 0. The quantitative estimate of drug-likeness (QED) is 0.294. The molecule has 4 heteroatoms. The minimum atomic E-state index is -0.573. The molecule has 0 fully saturated rings. The molecule has 0 radical (unpaired) electrons. The fraction of sp³-hybridized carbons (Fsp3) is 0.938. The van der Waals surface area contributed by atoms with Crippen LogP contribution in [-0.2, 0) is 14.0 Å². The second kappa shape index (κ2) is 12.4. The number of ether oxygens (including phenoxy) is 1. The average molecular weight is 303 g/mol. The van der Waals surface area contributed by atoms with E-state index < -0.39 is 9.76 Å². The maximum atomic E-state index is 11.9. The fourth-order valence-corrected chi connectivity index (χ4v) is 2.97. The molecule has 0 rings (SSSR count). The summed E-state index contributed by atoms with van der Waals surface area (Å²) in [7, 11) is 1.14. The summed E-state index contributed by atoms with van der Waals surface area (Å²) in [6, 6.07) is 0.847. The van der Waals surface area contributed by atoms with Gasteiger partial charge >= 0.3 is 5.97 Å². The van der Waals surface area contributed by atoms with E-state index >= 15 is 0 Å². The molecule has 0 amide bonds. The molecule has 3 nitrogen and oxygen atoms in total. The highest BCUT2D eigenvalue weighted by Gasteiger charge is 2.28. The molecule has 0 aliphatic heterocycles. The van der Waals surface area contributed by atoms with Crippen molar-refractivity contribution in [2.45, 2.75) is 78.2 Å². The molecule has 0 saturated carbocycles. The first-order valence-corrected chi connectivity index (χ1v) is 9.78. The number of rotatable bonds is 13. The highest BCUT2D eigenvalue weighted by Crippen LogP contribution is 2.22. The van der Waals surface area contributed by atoms with Gasteiger partial charge in [0.2, 0.25) is 0 Å². The molecule has 0 aromatic rings. The minimum Gasteiger partial charge on any atom is -0.465 e. The number of unbranched alkanes of at least 4 members (excludes halogenated alkanes) is 7. The molecular weight excluding hydrogens is 268 g/mol. The van der Waals surface area contributed by atoms with Gasteiger partial charge in [0.05, 0.1) is 12.0 Å². The molecule has 0 saturated heterocycles. The summed E-state index contributed by atoms with van der Waals surface area (Å²) in [4.78, 5) is 11.9. The molecule has 120 valence electrons. The third-order valence-electron chi connectivity index (χ3n) is 3.71. The number of hydrogen-bond donors (Lipinski definition) is 0. The first-order chi connectivity index (χ1) is 9.54. The van der Waals surface area contributed by atoms with E-state index in [4.69, 9.17) is 9.16 Å². The van der Waals surface area contributed by atoms with Crippen LogP contribution in [0.4, 0.5) is 0 Å². The lowest BCUT2D eigenvalue weighted by Gasteiger charge is -2.21. The molecule has 0 aromatic heterocycles. The summed E-state index contributed by atoms with van der Waals surface area (Å²) in [6.07, 6.45) is 10.1. The molecular formula is C16H34O3Si. The lowest BCUT2D eigenvalue weighted by molar-refractivity contribution is -0.153. The van der Waals surface area contributed by atoms with Gasteiger partial charge in [-0.05, 0) is 26.3 Å². The van der Waals surface area contributed by atoms with Gasteiger partial charge in [-0.1, -0.05) is 51.9 Å². The molecule has 0 atom stereocenters. The molecule has 0 N–H and O–H groups in total. The highest BCUT2D eigenvalue weighted by atomic mass is 28.2. The van der Waals surface area contributed by atoms with Crippen LogP contribution in [0.25, 0.3) is 0 Å². The lowest BCUT2D eigenvalue weighted by atomic mass is 9.97. The van der Waals surface area contributed by atoms with Gasteiger partial charge in [0.1, 0.15) is 0 Å². The van der Waals surface area contributed by atoms with Gasteiger partial charge < -0.3 is 9.16 Å². The smallest absolute Gasteiger partial charge is 0.311 e. The van der Waals surface area contributed by atoms with Crippen LogP contribution in [0.15, 0.2) is 0 Å². The number of esters is 1. The highest BCUT2D eigenvalue weighted by molar-refractivity contribution is 6.28. The Labute approximate surface area is 127 Å². The first kappa shape index (κ1) is 19.6. The fourth-order valence-electron chi connectivity index (χ4n) is 2.06. The van der Waals surface area contributed by atoms with Crippen molar-refractivity contribution in [3.8, 4) is 0 Å². The monoisotopic (exact) mass is 302 g/mol. The minimum absolute atomic E-state index is 0.0648. The Bertz CT molecular complexity index is 242. The van der Waals surface area contributed by atoms with E-state index in [9.17, 15) is 4.79 Å². The summed E-state index contributed by atoms with van der Waals surface area (Å²) in [5.41, 5.74) is -0.373. The number of carbonyl (C=O) groups excluding carboxylic acids is 1. The zero-order chi connectivity index (χ0) is 15.3. The maximum absolute atomic E-state index is 11.9. The molecule has 0 aliphatic carbocycles. The van der Waals surface area contributed by atoms with Crippen molar-refractivity contribution in [3.05, 3.63) is 0 Å². The van der Waals surface area contributed by atoms with Gasteiger partial charge in [-0.3, -0.25) is 4.79 Å². The molecule has 0 bridgehead atoms. The molecule has 0 aromatic carbocycles. The van der Waals surface area contributed by atoms with Crippen LogP contribution in [0.3, 0.4) is 0 Å². The predicted octanol–water partition coefficient (Wildman–Crippen LogP) is 3.85. The van der Waals surface area contributed by atoms with E-state index in [0.717, 1.165) is 12.5 Å². The first-order valence-electron chi connectivity index (χ1n) is 8.20. The van der Waals surface area contributed by atoms with Crippen LogP contribution in [-0.4, -0.2) is 29.4 Å². The molecule has 0 spiro atoms. The average Bonchev–Trinajstić information content (AvgIpc) is 2.43. The van der Waals surface area contributed by atoms with Crippen LogP contribution in [0, 0.1) is 5.41 Å². The van der Waals surface area contributed by atoms with Crippen molar-refractivity contribution in [1.29, 1.82) is 0 Å². The van der Waals surface area contributed by atoms with E-state index in [-0.39, 0.29) is 11.4 Å². The third-order valence-corrected chi connectivity index (χ3v) is 5.58. The van der Waals surface area contributed by atoms with Gasteiger partial charge in [0.25, 0.3) is 0 Å². The van der Waals surface area contributed by atoms with E-state index in [1.165, 1.54) is 44.9 Å². The Morgan fingerprint density at radius 1 is 1.00 bits per heavy atom. The standard InChI is InChI=1S/C16H34O3Si/c1-5-6-7-8-9-10-11-12-13-19-15(17)16(2,3)14-20-18-4/h5-14,20H2,1-4H3. The number of hydrogen-bond acceptors (Lipinski definition) is 3. The van der Waals surface area contributed by atoms with Gasteiger partial charge in [-0.15, -0.1) is 0 Å². The Hall–Kier alpha value is -0.353. The van der Waals surface area contributed by atoms with Crippen molar-refractivity contribution in [2.75, 3.05) is 13.7 Å². The van der Waals surface area contributed by atoms with Crippen molar-refractivity contribution in [1.82, 2.24) is 0 Å². The Morgan fingerprint density at radius 3 is 2.10 bits per heavy atom. The van der Waals surface area contributed by atoms with E-state index in [1.807, 2.05) is 13.8 Å². The Morgan fingerprint density at radius 2 is 1.55 bits per heavy atom. The lowest BCUT2D eigenvalue weighted by Crippen LogP contribution is -2.28. The van der Waals surface area contributed by atoms with E-state index in [1.54, 1.807) is 7.11 Å². The normalized spacial score (nSPS) is 12.2. The zero-order valence-electron chi connectivity index (χ0n) is 14.0. The summed E-state index contributed by atoms with van der Waals surface area (Å²) in [6.45, 7) is 6.72. The summed E-state index contributed by atoms with van der Waals surface area (Å²) < 4.78 is 10.5. The second-order valence-electron chi connectivity index (χ2n) is 6.24. The van der Waals surface area contributed by atoms with Crippen LogP contribution in [0.5, 0.6) is 0 Å². The molecule has 20 heavy (non-hydrogen) atoms. The molecule has 0 heterocycles. The van der Waals surface area contributed by atoms with Crippen molar-refractivity contribution in [2.24, 2.45) is 5.41 Å². The Kier molecular flexibility index (Phi) is 12.2. The van der Waals surface area contributed by atoms with E-state index in [2.05, 4.69) is 6.92 Å². The third kappa shape index (κ3) is 10.4. The van der Waals surface area contributed by atoms with Gasteiger partial charge in [0.15, 0.2) is 9.76 Å². The maximum Gasteiger partial charge on any atom is 0.311 e. The molecule has 0 unspecified atom stereocenters. The topological polar surface area (TPSA) is 35.5 Å². The largest absolute Gasteiger partial charge is 0.465 e. The molecule has 0 aliphatic rings. The van der Waals surface area contributed by atoms with Crippen LogP contribution >= 0.6 is 0 Å². The second-order valence-corrected chi connectivity index (χ2v) is 7.72. The van der Waals surface area contributed by atoms with Crippen molar-refractivity contribution in [3.63, 3.8) is 0 Å². The van der Waals surface area contributed by atoms with E-state index in [0.29, 0.717) is 6.61 Å².